The SMILES string of the molecule is O=C(OO)c1cc2cccnc2s1. The summed E-state index contributed by atoms with van der Waals surface area (Å²) < 4.78 is 0. The molecule has 5 heteroatoms. The Labute approximate surface area is 77.3 Å². The van der Waals surface area contributed by atoms with Gasteiger partial charge in [0.25, 0.3) is 0 Å². The smallest absolute Gasteiger partial charge is 0.295 e. The Morgan fingerprint density at radius 1 is 1.62 bits per heavy atom. The topological polar surface area (TPSA) is 59.4 Å². The molecular weight excluding hydrogens is 190 g/mol. The summed E-state index contributed by atoms with van der Waals surface area (Å²) in [7, 11) is 0. The largest absolute Gasteiger partial charge is 0.382 e. The average molecular weight is 195 g/mol. The van der Waals surface area contributed by atoms with E-state index in [4.69, 9.17) is 5.26 Å². The molecule has 4 nitrogen and oxygen atoms in total. The van der Waals surface area contributed by atoms with Crippen molar-refractivity contribution in [3.63, 3.8) is 0 Å². The zero-order valence-corrected chi connectivity index (χ0v) is 7.25. The summed E-state index contributed by atoms with van der Waals surface area (Å²) in [5.74, 6) is -0.747. The number of carbonyl (C=O) groups is 1. The van der Waals surface area contributed by atoms with Gasteiger partial charge in [-0.2, -0.15) is 5.26 Å². The van der Waals surface area contributed by atoms with Gasteiger partial charge in [-0.25, -0.2) is 9.78 Å². The van der Waals surface area contributed by atoms with Gasteiger partial charge < -0.3 is 0 Å². The molecule has 0 spiro atoms. The first-order chi connectivity index (χ1) is 6.31. The van der Waals surface area contributed by atoms with E-state index >= 15 is 0 Å². The first-order valence-corrected chi connectivity index (χ1v) is 4.33. The second kappa shape index (κ2) is 3.12. The molecule has 0 aliphatic heterocycles. The fraction of sp³-hybridized carbons (Fsp3) is 0. The fourth-order valence-corrected chi connectivity index (χ4v) is 1.89. The standard InChI is InChI=1S/C8H5NO3S/c10-8(12-11)6-4-5-2-1-3-9-7(5)13-6/h1-4,11H. The van der Waals surface area contributed by atoms with Crippen LogP contribution in [0, 0.1) is 0 Å². The average Bonchev–Trinajstić information content (AvgIpc) is 2.59. The molecule has 2 aromatic heterocycles. The van der Waals surface area contributed by atoms with Crippen LogP contribution >= 0.6 is 11.3 Å². The minimum atomic E-state index is -0.747. The van der Waals surface area contributed by atoms with Crippen LogP contribution in [-0.4, -0.2) is 16.2 Å². The van der Waals surface area contributed by atoms with Gasteiger partial charge in [0, 0.05) is 11.6 Å². The van der Waals surface area contributed by atoms with Gasteiger partial charge in [-0.05, 0) is 12.1 Å². The van der Waals surface area contributed by atoms with E-state index < -0.39 is 5.97 Å². The predicted octanol–water partition coefficient (Wildman–Crippen LogP) is 1.93. The highest BCUT2D eigenvalue weighted by molar-refractivity contribution is 7.20. The van der Waals surface area contributed by atoms with E-state index in [1.165, 1.54) is 11.3 Å². The van der Waals surface area contributed by atoms with Gasteiger partial charge in [0.2, 0.25) is 0 Å². The van der Waals surface area contributed by atoms with E-state index in [2.05, 4.69) is 9.87 Å². The van der Waals surface area contributed by atoms with Crippen LogP contribution in [-0.2, 0) is 4.89 Å². The number of rotatable bonds is 1. The zero-order chi connectivity index (χ0) is 9.26. The highest BCUT2D eigenvalue weighted by atomic mass is 32.1. The summed E-state index contributed by atoms with van der Waals surface area (Å²) in [6.45, 7) is 0. The molecule has 0 saturated carbocycles. The molecular formula is C8H5NO3S. The summed E-state index contributed by atoms with van der Waals surface area (Å²) >= 11 is 1.18. The van der Waals surface area contributed by atoms with Crippen LogP contribution in [0.3, 0.4) is 0 Å². The molecule has 1 N–H and O–H groups in total. The van der Waals surface area contributed by atoms with E-state index in [9.17, 15) is 4.79 Å². The Hall–Kier alpha value is -1.46. The first-order valence-electron chi connectivity index (χ1n) is 3.51. The van der Waals surface area contributed by atoms with Crippen molar-refractivity contribution in [2.45, 2.75) is 0 Å². The highest BCUT2D eigenvalue weighted by Gasteiger charge is 2.11. The van der Waals surface area contributed by atoms with Gasteiger partial charge in [-0.15, -0.1) is 11.3 Å². The molecule has 0 bridgehead atoms. The second-order valence-electron chi connectivity index (χ2n) is 2.39. The number of hydrogen-bond donors (Lipinski definition) is 1. The summed E-state index contributed by atoms with van der Waals surface area (Å²) in [6, 6.07) is 5.25. The number of nitrogens with zero attached hydrogens (tertiary/aromatic N) is 1. The molecule has 0 saturated heterocycles. The van der Waals surface area contributed by atoms with Crippen LogP contribution < -0.4 is 0 Å². The van der Waals surface area contributed by atoms with Crippen LogP contribution in [0.25, 0.3) is 10.2 Å². The van der Waals surface area contributed by atoms with Crippen LogP contribution in [0.4, 0.5) is 0 Å². The third-order valence-electron chi connectivity index (χ3n) is 1.58. The quantitative estimate of drug-likeness (QED) is 0.558. The van der Waals surface area contributed by atoms with Gasteiger partial charge in [0.1, 0.15) is 9.71 Å². The molecule has 0 unspecified atom stereocenters. The number of thiophene rings is 1. The van der Waals surface area contributed by atoms with E-state index in [-0.39, 0.29) is 0 Å². The lowest BCUT2D eigenvalue weighted by Gasteiger charge is -1.86. The molecule has 0 aliphatic carbocycles. The van der Waals surface area contributed by atoms with Crippen LogP contribution in [0.15, 0.2) is 24.4 Å². The van der Waals surface area contributed by atoms with Crippen molar-refractivity contribution in [1.29, 1.82) is 0 Å². The lowest BCUT2D eigenvalue weighted by molar-refractivity contribution is -0.182. The maximum Gasteiger partial charge on any atom is 0.382 e. The maximum atomic E-state index is 10.9. The molecule has 0 aliphatic rings. The monoisotopic (exact) mass is 195 g/mol. The van der Waals surface area contributed by atoms with Gasteiger partial charge in [-0.3, -0.25) is 4.89 Å². The van der Waals surface area contributed by atoms with Gasteiger partial charge in [-0.1, -0.05) is 6.07 Å². The Morgan fingerprint density at radius 3 is 3.15 bits per heavy atom. The summed E-state index contributed by atoms with van der Waals surface area (Å²) in [5.41, 5.74) is 0. The minimum Gasteiger partial charge on any atom is -0.295 e. The molecule has 0 radical (unpaired) electrons. The Balaban J connectivity index is 2.56. The summed E-state index contributed by atoms with van der Waals surface area (Å²) in [5, 5.41) is 9.02. The third kappa shape index (κ3) is 1.39. The number of aromatic nitrogens is 1. The number of fused-ring (bicyclic) bond motifs is 1. The second-order valence-corrected chi connectivity index (χ2v) is 3.42. The van der Waals surface area contributed by atoms with Gasteiger partial charge >= 0.3 is 5.97 Å². The Morgan fingerprint density at radius 2 is 2.46 bits per heavy atom. The molecule has 0 atom stereocenters. The zero-order valence-electron chi connectivity index (χ0n) is 6.43. The van der Waals surface area contributed by atoms with Gasteiger partial charge in [0.15, 0.2) is 0 Å². The van der Waals surface area contributed by atoms with Crippen molar-refractivity contribution in [3.8, 4) is 0 Å². The molecule has 0 amide bonds. The molecule has 2 heterocycles. The Bertz CT molecular complexity index is 418. The van der Waals surface area contributed by atoms with Crippen LogP contribution in [0.2, 0.25) is 0 Å². The summed E-state index contributed by atoms with van der Waals surface area (Å²) in [4.78, 5) is 19.6. The molecule has 2 aromatic rings. The number of hydrogen-bond acceptors (Lipinski definition) is 5. The van der Waals surface area contributed by atoms with Crippen LogP contribution in [0.1, 0.15) is 9.67 Å². The van der Waals surface area contributed by atoms with Crippen molar-refractivity contribution in [2.75, 3.05) is 0 Å². The molecule has 0 aromatic carbocycles. The first kappa shape index (κ1) is 8.15. The highest BCUT2D eigenvalue weighted by Crippen LogP contribution is 2.23. The molecule has 66 valence electrons. The normalized spacial score (nSPS) is 10.2. The number of pyridine rings is 1. The summed E-state index contributed by atoms with van der Waals surface area (Å²) in [6.07, 6.45) is 1.65. The molecule has 0 fully saturated rings. The van der Waals surface area contributed by atoms with Crippen molar-refractivity contribution in [3.05, 3.63) is 29.3 Å². The number of carbonyl (C=O) groups excluding carboxylic acids is 1. The Kier molecular flexibility index (Phi) is 1.96. The van der Waals surface area contributed by atoms with Crippen LogP contribution in [0.5, 0.6) is 0 Å². The van der Waals surface area contributed by atoms with E-state index in [1.54, 1.807) is 18.3 Å². The molecule has 2 rings (SSSR count). The lowest BCUT2D eigenvalue weighted by Crippen LogP contribution is -1.97. The van der Waals surface area contributed by atoms with Crippen molar-refractivity contribution >= 4 is 27.5 Å². The van der Waals surface area contributed by atoms with E-state index in [1.807, 2.05) is 6.07 Å². The minimum absolute atomic E-state index is 0.344. The van der Waals surface area contributed by atoms with Gasteiger partial charge in [0.05, 0.1) is 0 Å². The van der Waals surface area contributed by atoms with Crippen molar-refractivity contribution in [1.82, 2.24) is 4.98 Å². The van der Waals surface area contributed by atoms with Crippen molar-refractivity contribution < 1.29 is 14.9 Å². The predicted molar refractivity (Wildman–Crippen MR) is 47.7 cm³/mol. The van der Waals surface area contributed by atoms with Crippen molar-refractivity contribution in [2.24, 2.45) is 0 Å². The van der Waals surface area contributed by atoms with E-state index in [0.29, 0.717) is 4.88 Å². The third-order valence-corrected chi connectivity index (χ3v) is 2.62. The molecule has 13 heavy (non-hydrogen) atoms. The lowest BCUT2D eigenvalue weighted by atomic mass is 10.3. The fourth-order valence-electron chi connectivity index (χ4n) is 1.02. The maximum absolute atomic E-state index is 10.9. The van der Waals surface area contributed by atoms with E-state index in [0.717, 1.165) is 10.2 Å².